The Kier molecular flexibility index (Phi) is 4.01. The van der Waals surface area contributed by atoms with Gasteiger partial charge in [0.05, 0.1) is 5.56 Å². The van der Waals surface area contributed by atoms with Crippen LogP contribution in [0.2, 0.25) is 5.02 Å². The van der Waals surface area contributed by atoms with E-state index in [9.17, 15) is 10.1 Å². The molecule has 0 atom stereocenters. The van der Waals surface area contributed by atoms with Gasteiger partial charge in [0.25, 0.3) is 0 Å². The van der Waals surface area contributed by atoms with Crippen molar-refractivity contribution < 1.29 is 4.79 Å². The molecule has 3 nitrogen and oxygen atoms in total. The van der Waals surface area contributed by atoms with Gasteiger partial charge in [-0.05, 0) is 30.7 Å². The summed E-state index contributed by atoms with van der Waals surface area (Å²) < 4.78 is 0. The van der Waals surface area contributed by atoms with Crippen molar-refractivity contribution >= 4 is 34.4 Å². The Morgan fingerprint density at radius 1 is 1.17 bits per heavy atom. The molecule has 1 heterocycles. The second-order valence-electron chi connectivity index (χ2n) is 5.19. The fourth-order valence-corrected chi connectivity index (χ4v) is 2.79. The lowest BCUT2D eigenvalue weighted by molar-refractivity contribution is 0.104. The number of aromatic amines is 1. The van der Waals surface area contributed by atoms with E-state index < -0.39 is 0 Å². The van der Waals surface area contributed by atoms with Crippen molar-refractivity contribution in [3.05, 3.63) is 75.9 Å². The molecule has 1 N–H and O–H groups in total. The SMILES string of the molecule is Cc1[nH]c2ccccc2c1C(=O)C(C#N)=Cc1ccccc1Cl. The smallest absolute Gasteiger partial charge is 0.205 e. The monoisotopic (exact) mass is 320 g/mol. The molecule has 4 heteroatoms. The van der Waals surface area contributed by atoms with E-state index >= 15 is 0 Å². The molecule has 0 radical (unpaired) electrons. The van der Waals surface area contributed by atoms with Crippen LogP contribution in [0.15, 0.2) is 54.1 Å². The number of halogens is 1. The molecule has 0 amide bonds. The standard InChI is InChI=1S/C19H13ClN2O/c1-12-18(15-7-3-5-9-17(15)22-12)19(23)14(11-21)10-13-6-2-4-8-16(13)20/h2-10,22H,1H3. The Morgan fingerprint density at radius 2 is 1.87 bits per heavy atom. The Hall–Kier alpha value is -2.83. The predicted octanol–water partition coefficient (Wildman–Crippen LogP) is 4.92. The molecule has 0 unspecified atom stereocenters. The number of rotatable bonds is 3. The summed E-state index contributed by atoms with van der Waals surface area (Å²) in [5, 5.41) is 10.7. The number of carbonyl (C=O) groups is 1. The molecule has 23 heavy (non-hydrogen) atoms. The third-order valence-corrected chi connectivity index (χ3v) is 4.03. The molecule has 0 aliphatic carbocycles. The minimum atomic E-state index is -0.303. The van der Waals surface area contributed by atoms with Crippen molar-refractivity contribution in [1.82, 2.24) is 4.98 Å². The molecule has 0 fully saturated rings. The summed E-state index contributed by atoms with van der Waals surface area (Å²) in [7, 11) is 0. The summed E-state index contributed by atoms with van der Waals surface area (Å²) in [5.74, 6) is -0.303. The number of para-hydroxylation sites is 1. The Morgan fingerprint density at radius 3 is 2.61 bits per heavy atom. The third-order valence-electron chi connectivity index (χ3n) is 3.69. The van der Waals surface area contributed by atoms with Gasteiger partial charge in [-0.1, -0.05) is 48.0 Å². The molecule has 0 bridgehead atoms. The van der Waals surface area contributed by atoms with Gasteiger partial charge in [0.15, 0.2) is 0 Å². The molecule has 0 aliphatic heterocycles. The molecule has 0 aliphatic rings. The average molecular weight is 321 g/mol. The maximum atomic E-state index is 12.8. The number of fused-ring (bicyclic) bond motifs is 1. The molecule has 112 valence electrons. The van der Waals surface area contributed by atoms with Gasteiger partial charge in [-0.3, -0.25) is 4.79 Å². The van der Waals surface area contributed by atoms with Crippen molar-refractivity contribution in [2.24, 2.45) is 0 Å². The van der Waals surface area contributed by atoms with Crippen molar-refractivity contribution in [2.45, 2.75) is 6.92 Å². The molecule has 3 aromatic rings. The quantitative estimate of drug-likeness (QED) is 0.423. The van der Waals surface area contributed by atoms with Gasteiger partial charge in [-0.2, -0.15) is 5.26 Å². The van der Waals surface area contributed by atoms with Crippen LogP contribution in [-0.2, 0) is 0 Å². The van der Waals surface area contributed by atoms with Crippen molar-refractivity contribution in [3.8, 4) is 6.07 Å². The summed E-state index contributed by atoms with van der Waals surface area (Å²) in [4.78, 5) is 16.0. The van der Waals surface area contributed by atoms with Crippen LogP contribution in [0.4, 0.5) is 0 Å². The van der Waals surface area contributed by atoms with E-state index in [-0.39, 0.29) is 11.4 Å². The minimum Gasteiger partial charge on any atom is -0.358 e. The highest BCUT2D eigenvalue weighted by Gasteiger charge is 2.19. The van der Waals surface area contributed by atoms with Crippen molar-refractivity contribution in [1.29, 1.82) is 5.26 Å². The number of nitrogens with one attached hydrogen (secondary N) is 1. The van der Waals surface area contributed by atoms with Gasteiger partial charge in [0.1, 0.15) is 11.6 Å². The van der Waals surface area contributed by atoms with E-state index in [2.05, 4.69) is 4.98 Å². The van der Waals surface area contributed by atoms with Gasteiger partial charge in [-0.15, -0.1) is 0 Å². The first-order valence-electron chi connectivity index (χ1n) is 7.10. The van der Waals surface area contributed by atoms with Crippen LogP contribution in [0.3, 0.4) is 0 Å². The number of aryl methyl sites for hydroxylation is 1. The molecule has 2 aromatic carbocycles. The molecule has 1 aromatic heterocycles. The lowest BCUT2D eigenvalue weighted by Crippen LogP contribution is -2.03. The van der Waals surface area contributed by atoms with Gasteiger partial charge >= 0.3 is 0 Å². The van der Waals surface area contributed by atoms with Crippen molar-refractivity contribution in [3.63, 3.8) is 0 Å². The molecule has 3 rings (SSSR count). The summed E-state index contributed by atoms with van der Waals surface area (Å²) in [6.45, 7) is 1.83. The van der Waals surface area contributed by atoms with E-state index in [1.807, 2.05) is 43.3 Å². The minimum absolute atomic E-state index is 0.0611. The summed E-state index contributed by atoms with van der Waals surface area (Å²) in [5.41, 5.74) is 2.86. The Labute approximate surface area is 138 Å². The number of nitriles is 1. The fourth-order valence-electron chi connectivity index (χ4n) is 2.60. The molecule has 0 spiro atoms. The Balaban J connectivity index is 2.12. The highest BCUT2D eigenvalue weighted by atomic mass is 35.5. The van der Waals surface area contributed by atoms with E-state index in [1.165, 1.54) is 6.08 Å². The number of Topliss-reactive ketones (excluding diaryl/α,β-unsaturated/α-hetero) is 1. The number of nitrogens with zero attached hydrogens (tertiary/aromatic N) is 1. The van der Waals surface area contributed by atoms with Crippen LogP contribution >= 0.6 is 11.6 Å². The van der Waals surface area contributed by atoms with E-state index in [0.717, 1.165) is 16.6 Å². The largest absolute Gasteiger partial charge is 0.358 e. The number of allylic oxidation sites excluding steroid dienone is 1. The van der Waals surface area contributed by atoms with Crippen LogP contribution in [0.25, 0.3) is 17.0 Å². The van der Waals surface area contributed by atoms with Crippen LogP contribution in [0, 0.1) is 18.3 Å². The molecular weight excluding hydrogens is 308 g/mol. The normalized spacial score (nSPS) is 11.4. The first-order chi connectivity index (χ1) is 11.1. The number of carbonyl (C=O) groups excluding carboxylic acids is 1. The van der Waals surface area contributed by atoms with E-state index in [0.29, 0.717) is 16.1 Å². The van der Waals surface area contributed by atoms with Gasteiger partial charge in [0.2, 0.25) is 5.78 Å². The van der Waals surface area contributed by atoms with E-state index in [1.54, 1.807) is 18.2 Å². The van der Waals surface area contributed by atoms with Crippen LogP contribution in [0.5, 0.6) is 0 Å². The number of hydrogen-bond acceptors (Lipinski definition) is 2. The second kappa shape index (κ2) is 6.12. The van der Waals surface area contributed by atoms with Crippen molar-refractivity contribution in [2.75, 3.05) is 0 Å². The third kappa shape index (κ3) is 2.77. The summed E-state index contributed by atoms with van der Waals surface area (Å²) in [6, 6.07) is 16.7. The zero-order valence-electron chi connectivity index (χ0n) is 12.4. The first kappa shape index (κ1) is 15.1. The topological polar surface area (TPSA) is 56.6 Å². The van der Waals surface area contributed by atoms with Crippen LogP contribution in [-0.4, -0.2) is 10.8 Å². The zero-order chi connectivity index (χ0) is 16.4. The maximum Gasteiger partial charge on any atom is 0.205 e. The van der Waals surface area contributed by atoms with E-state index in [4.69, 9.17) is 11.6 Å². The van der Waals surface area contributed by atoms with Gasteiger partial charge in [0, 0.05) is 21.6 Å². The van der Waals surface area contributed by atoms with Crippen LogP contribution < -0.4 is 0 Å². The molecular formula is C19H13ClN2O. The number of benzene rings is 2. The second-order valence-corrected chi connectivity index (χ2v) is 5.60. The van der Waals surface area contributed by atoms with Gasteiger partial charge in [-0.25, -0.2) is 0 Å². The zero-order valence-corrected chi connectivity index (χ0v) is 13.2. The summed E-state index contributed by atoms with van der Waals surface area (Å²) >= 11 is 6.11. The lowest BCUT2D eigenvalue weighted by Gasteiger charge is -2.02. The van der Waals surface area contributed by atoms with Gasteiger partial charge < -0.3 is 4.98 Å². The molecule has 0 saturated heterocycles. The number of hydrogen-bond donors (Lipinski definition) is 1. The maximum absolute atomic E-state index is 12.8. The summed E-state index contributed by atoms with van der Waals surface area (Å²) in [6.07, 6.45) is 1.53. The van der Waals surface area contributed by atoms with Crippen LogP contribution in [0.1, 0.15) is 21.6 Å². The average Bonchev–Trinajstić information content (AvgIpc) is 2.89. The predicted molar refractivity (Wildman–Crippen MR) is 92.4 cm³/mol. The number of H-pyrrole nitrogens is 1. The number of ketones is 1. The Bertz CT molecular complexity index is 976. The fraction of sp³-hybridized carbons (Fsp3) is 0.0526. The first-order valence-corrected chi connectivity index (χ1v) is 7.48. The lowest BCUT2D eigenvalue weighted by atomic mass is 9.99. The highest BCUT2D eigenvalue weighted by Crippen LogP contribution is 2.26. The molecule has 0 saturated carbocycles. The number of aromatic nitrogens is 1. The highest BCUT2D eigenvalue weighted by molar-refractivity contribution is 6.32.